The summed E-state index contributed by atoms with van der Waals surface area (Å²) in [5.41, 5.74) is 4.93. The highest BCUT2D eigenvalue weighted by Gasteiger charge is 2.31. The first-order valence-electron chi connectivity index (χ1n) is 9.47. The van der Waals surface area contributed by atoms with Crippen LogP contribution in [-0.2, 0) is 19.9 Å². The van der Waals surface area contributed by atoms with Crippen LogP contribution in [0.15, 0.2) is 54.6 Å². The summed E-state index contributed by atoms with van der Waals surface area (Å²) in [5, 5.41) is 4.35. The number of rotatable bonds is 2. The van der Waals surface area contributed by atoms with Crippen molar-refractivity contribution in [3.8, 4) is 0 Å². The summed E-state index contributed by atoms with van der Waals surface area (Å²) in [7, 11) is 1.71. The van der Waals surface area contributed by atoms with Crippen LogP contribution < -0.4 is 9.80 Å². The van der Waals surface area contributed by atoms with Gasteiger partial charge in [-0.25, -0.2) is 0 Å². The second-order valence-electron chi connectivity index (χ2n) is 7.21. The molecule has 0 atom stereocenters. The molecule has 5 rings (SSSR count). The SMILES string of the molecule is Cn1nc(C(=O)N2CCc3ccccc32)cc1C(=O)N1CCc2ccccc21. The van der Waals surface area contributed by atoms with Crippen molar-refractivity contribution in [3.63, 3.8) is 0 Å². The van der Waals surface area contributed by atoms with Gasteiger partial charge in [-0.2, -0.15) is 5.10 Å². The molecule has 0 radical (unpaired) electrons. The van der Waals surface area contributed by atoms with Gasteiger partial charge in [0.1, 0.15) is 5.69 Å². The van der Waals surface area contributed by atoms with E-state index in [0.29, 0.717) is 24.5 Å². The van der Waals surface area contributed by atoms with Crippen LogP contribution >= 0.6 is 0 Å². The van der Waals surface area contributed by atoms with Crippen LogP contribution in [0.3, 0.4) is 0 Å². The summed E-state index contributed by atoms with van der Waals surface area (Å²) in [5.74, 6) is -0.290. The molecule has 2 aliphatic heterocycles. The summed E-state index contributed by atoms with van der Waals surface area (Å²) < 4.78 is 1.51. The third-order valence-electron chi connectivity index (χ3n) is 5.58. The molecule has 0 saturated heterocycles. The number of nitrogens with zero attached hydrogens (tertiary/aromatic N) is 4. The maximum absolute atomic E-state index is 13.1. The molecule has 3 heterocycles. The largest absolute Gasteiger partial charge is 0.306 e. The predicted molar refractivity (Wildman–Crippen MR) is 107 cm³/mol. The van der Waals surface area contributed by atoms with Gasteiger partial charge in [-0.1, -0.05) is 36.4 Å². The Bertz CT molecular complexity index is 1100. The van der Waals surface area contributed by atoms with Crippen molar-refractivity contribution in [2.75, 3.05) is 22.9 Å². The molecule has 1 aromatic heterocycles. The summed E-state index contributed by atoms with van der Waals surface area (Å²) >= 11 is 0. The van der Waals surface area contributed by atoms with Crippen LogP contribution in [0.4, 0.5) is 11.4 Å². The Morgan fingerprint density at radius 3 is 1.96 bits per heavy atom. The van der Waals surface area contributed by atoms with Gasteiger partial charge in [0.25, 0.3) is 11.8 Å². The molecule has 3 aromatic rings. The number of anilines is 2. The van der Waals surface area contributed by atoms with E-state index in [4.69, 9.17) is 0 Å². The lowest BCUT2D eigenvalue weighted by atomic mass is 10.2. The van der Waals surface area contributed by atoms with Gasteiger partial charge in [0.15, 0.2) is 5.69 Å². The number of aromatic nitrogens is 2. The Kier molecular flexibility index (Phi) is 3.79. The van der Waals surface area contributed by atoms with Gasteiger partial charge >= 0.3 is 0 Å². The number of para-hydroxylation sites is 2. The zero-order chi connectivity index (χ0) is 19.3. The van der Waals surface area contributed by atoms with Gasteiger partial charge in [-0.15, -0.1) is 0 Å². The second kappa shape index (κ2) is 6.34. The number of benzene rings is 2. The topological polar surface area (TPSA) is 58.4 Å². The minimum absolute atomic E-state index is 0.124. The first kappa shape index (κ1) is 16.7. The normalized spacial score (nSPS) is 14.9. The predicted octanol–water partition coefficient (Wildman–Crippen LogP) is 2.83. The van der Waals surface area contributed by atoms with Gasteiger partial charge < -0.3 is 9.80 Å². The monoisotopic (exact) mass is 372 g/mol. The van der Waals surface area contributed by atoms with Crippen LogP contribution in [-0.4, -0.2) is 34.7 Å². The van der Waals surface area contributed by atoms with E-state index >= 15 is 0 Å². The third-order valence-corrected chi connectivity index (χ3v) is 5.58. The van der Waals surface area contributed by atoms with Gasteiger partial charge in [0, 0.05) is 37.6 Å². The van der Waals surface area contributed by atoms with Crippen LogP contribution in [0, 0.1) is 0 Å². The van der Waals surface area contributed by atoms with Gasteiger partial charge in [-0.3, -0.25) is 14.3 Å². The summed E-state index contributed by atoms with van der Waals surface area (Å²) in [6, 6.07) is 17.5. The molecule has 140 valence electrons. The van der Waals surface area contributed by atoms with Gasteiger partial charge in [-0.05, 0) is 36.1 Å². The number of hydrogen-bond donors (Lipinski definition) is 0. The summed E-state index contributed by atoms with van der Waals surface area (Å²) in [6.45, 7) is 1.28. The fourth-order valence-corrected chi connectivity index (χ4v) is 4.15. The highest BCUT2D eigenvalue weighted by atomic mass is 16.2. The van der Waals surface area contributed by atoms with E-state index in [1.165, 1.54) is 10.2 Å². The van der Waals surface area contributed by atoms with Gasteiger partial charge in [0.2, 0.25) is 0 Å². The number of hydrogen-bond acceptors (Lipinski definition) is 3. The highest BCUT2D eigenvalue weighted by Crippen LogP contribution is 2.30. The molecule has 0 unspecified atom stereocenters. The first-order chi connectivity index (χ1) is 13.6. The average molecular weight is 372 g/mol. The molecule has 0 aliphatic carbocycles. The maximum Gasteiger partial charge on any atom is 0.278 e. The number of aryl methyl sites for hydroxylation is 1. The molecular formula is C22H20N4O2. The molecular weight excluding hydrogens is 352 g/mol. The fraction of sp³-hybridized carbons (Fsp3) is 0.227. The summed E-state index contributed by atoms with van der Waals surface area (Å²) in [6.07, 6.45) is 1.68. The molecule has 0 N–H and O–H groups in total. The van der Waals surface area contributed by atoms with Crippen molar-refractivity contribution in [1.82, 2.24) is 9.78 Å². The van der Waals surface area contributed by atoms with Crippen molar-refractivity contribution < 1.29 is 9.59 Å². The Hall–Kier alpha value is -3.41. The molecule has 6 nitrogen and oxygen atoms in total. The van der Waals surface area contributed by atoms with E-state index in [1.54, 1.807) is 22.9 Å². The molecule has 6 heteroatoms. The molecule has 2 aliphatic rings. The minimum Gasteiger partial charge on any atom is -0.306 e. The van der Waals surface area contributed by atoms with E-state index in [-0.39, 0.29) is 11.8 Å². The van der Waals surface area contributed by atoms with Crippen LogP contribution in [0.1, 0.15) is 32.1 Å². The number of fused-ring (bicyclic) bond motifs is 2. The Balaban J connectivity index is 1.44. The van der Waals surface area contributed by atoms with Crippen molar-refractivity contribution in [1.29, 1.82) is 0 Å². The van der Waals surface area contributed by atoms with E-state index in [1.807, 2.05) is 48.5 Å². The standard InChI is InChI=1S/C22H20N4O2/c1-24-20(22(28)26-13-11-16-7-3-5-9-19(16)26)14-17(23-24)21(27)25-12-10-15-6-2-4-8-18(15)25/h2-9,14H,10-13H2,1H3. The van der Waals surface area contributed by atoms with E-state index < -0.39 is 0 Å². The van der Waals surface area contributed by atoms with Crippen molar-refractivity contribution in [3.05, 3.63) is 77.1 Å². The average Bonchev–Trinajstić information content (AvgIpc) is 3.43. The molecule has 0 saturated carbocycles. The van der Waals surface area contributed by atoms with Crippen molar-refractivity contribution >= 4 is 23.2 Å². The van der Waals surface area contributed by atoms with Crippen molar-refractivity contribution in [2.24, 2.45) is 7.05 Å². The van der Waals surface area contributed by atoms with Gasteiger partial charge in [0.05, 0.1) is 0 Å². The lowest BCUT2D eigenvalue weighted by molar-refractivity contribution is 0.0974. The highest BCUT2D eigenvalue weighted by molar-refractivity contribution is 6.10. The first-order valence-corrected chi connectivity index (χ1v) is 9.47. The lowest BCUT2D eigenvalue weighted by Gasteiger charge is -2.17. The quantitative estimate of drug-likeness (QED) is 0.695. The minimum atomic E-state index is -0.165. The molecule has 28 heavy (non-hydrogen) atoms. The zero-order valence-corrected chi connectivity index (χ0v) is 15.6. The number of carbonyl (C=O) groups excluding carboxylic acids is 2. The van der Waals surface area contributed by atoms with Crippen LogP contribution in [0.5, 0.6) is 0 Å². The molecule has 2 amide bonds. The Morgan fingerprint density at radius 1 is 0.821 bits per heavy atom. The van der Waals surface area contributed by atoms with E-state index in [2.05, 4.69) is 5.10 Å². The molecule has 0 bridgehead atoms. The number of amides is 2. The molecule has 0 fully saturated rings. The maximum atomic E-state index is 13.1. The molecule has 0 spiro atoms. The fourth-order valence-electron chi connectivity index (χ4n) is 4.15. The summed E-state index contributed by atoms with van der Waals surface area (Å²) in [4.78, 5) is 29.7. The zero-order valence-electron chi connectivity index (χ0n) is 15.6. The Labute approximate surface area is 163 Å². The van der Waals surface area contributed by atoms with Crippen LogP contribution in [0.2, 0.25) is 0 Å². The van der Waals surface area contributed by atoms with Crippen molar-refractivity contribution in [2.45, 2.75) is 12.8 Å². The second-order valence-corrected chi connectivity index (χ2v) is 7.21. The Morgan fingerprint density at radius 2 is 1.36 bits per heavy atom. The smallest absolute Gasteiger partial charge is 0.278 e. The van der Waals surface area contributed by atoms with E-state index in [0.717, 1.165) is 29.8 Å². The number of carbonyl (C=O) groups is 2. The lowest BCUT2D eigenvalue weighted by Crippen LogP contribution is -2.30. The van der Waals surface area contributed by atoms with E-state index in [9.17, 15) is 9.59 Å². The molecule has 2 aromatic carbocycles. The van der Waals surface area contributed by atoms with Crippen LogP contribution in [0.25, 0.3) is 0 Å². The third kappa shape index (κ3) is 2.52.